The first-order valence-corrected chi connectivity index (χ1v) is 23.1. The number of hydrogen-bond acceptors (Lipinski definition) is 2. The lowest BCUT2D eigenvalue weighted by Gasteiger charge is -2.28. The Bertz CT molecular complexity index is 3900. The van der Waals surface area contributed by atoms with E-state index in [1.807, 2.05) is 11.3 Å². The molecule has 3 heteroatoms. The van der Waals surface area contributed by atoms with Crippen LogP contribution in [0.25, 0.3) is 103 Å². The fraction of sp³-hybridized carbons (Fsp3) is 0. The highest BCUT2D eigenvalue weighted by Gasteiger charge is 2.20. The summed E-state index contributed by atoms with van der Waals surface area (Å²) in [5, 5.41) is 10.2. The van der Waals surface area contributed by atoms with Gasteiger partial charge in [0.2, 0.25) is 0 Å². The van der Waals surface area contributed by atoms with Crippen LogP contribution in [-0.2, 0) is 0 Å². The summed E-state index contributed by atoms with van der Waals surface area (Å²) >= 11 is 1.91. The van der Waals surface area contributed by atoms with Gasteiger partial charge in [0, 0.05) is 53.6 Å². The van der Waals surface area contributed by atoms with Crippen molar-refractivity contribution >= 4 is 91.9 Å². The van der Waals surface area contributed by atoms with Crippen LogP contribution in [0.5, 0.6) is 0 Å². The molecule has 0 aliphatic heterocycles. The van der Waals surface area contributed by atoms with E-state index in [0.717, 1.165) is 22.7 Å². The summed E-state index contributed by atoms with van der Waals surface area (Å²) in [7, 11) is 0. The molecule has 0 spiro atoms. The molecule has 0 radical (unpaired) electrons. The predicted octanol–water partition coefficient (Wildman–Crippen LogP) is 17.9. The largest absolute Gasteiger partial charge is 0.310 e. The number of rotatable bonds is 7. The van der Waals surface area contributed by atoms with E-state index in [9.17, 15) is 0 Å². The predicted molar refractivity (Wildman–Crippen MR) is 280 cm³/mol. The van der Waals surface area contributed by atoms with E-state index in [2.05, 4.69) is 252 Å². The minimum atomic E-state index is 1.09. The van der Waals surface area contributed by atoms with Crippen molar-refractivity contribution in [1.82, 2.24) is 4.57 Å². The van der Waals surface area contributed by atoms with Crippen molar-refractivity contribution in [3.8, 4) is 39.1 Å². The van der Waals surface area contributed by atoms with Crippen molar-refractivity contribution in [3.63, 3.8) is 0 Å². The first-order chi connectivity index (χ1) is 32.2. The minimum absolute atomic E-state index is 1.09. The maximum atomic E-state index is 2.42. The Hall–Kier alpha value is -8.24. The molecule has 0 unspecified atom stereocenters. The van der Waals surface area contributed by atoms with E-state index in [1.165, 1.54) is 96.9 Å². The van der Waals surface area contributed by atoms with E-state index >= 15 is 0 Å². The third-order valence-corrected chi connectivity index (χ3v) is 14.5. The first kappa shape index (κ1) is 37.3. The summed E-state index contributed by atoms with van der Waals surface area (Å²) in [6.45, 7) is 0. The minimum Gasteiger partial charge on any atom is -0.310 e. The highest BCUT2D eigenvalue weighted by molar-refractivity contribution is 7.27. The summed E-state index contributed by atoms with van der Waals surface area (Å²) in [5.74, 6) is 0. The highest BCUT2D eigenvalue weighted by atomic mass is 32.1. The molecule has 304 valence electrons. The van der Waals surface area contributed by atoms with Gasteiger partial charge in [0.25, 0.3) is 0 Å². The number of hydrogen-bond donors (Lipinski definition) is 0. The highest BCUT2D eigenvalue weighted by Crippen LogP contribution is 2.45. The molecule has 13 rings (SSSR count). The van der Waals surface area contributed by atoms with E-state index < -0.39 is 0 Å². The Balaban J connectivity index is 0.923. The molecule has 0 atom stereocenters. The summed E-state index contributed by atoms with van der Waals surface area (Å²) in [5.41, 5.74) is 14.0. The van der Waals surface area contributed by atoms with Gasteiger partial charge in [-0.3, -0.25) is 0 Å². The SMILES string of the molecule is c1cc(-c2ccc(N(c3ccc(-c4cccc5c4sc4c6ccccc6ccc54)cc3)c3ccccc3-c3ccc4ccccc4c3)cc2)cc(-n2c3ccccc3c3ccccc32)c1. The van der Waals surface area contributed by atoms with Crippen molar-refractivity contribution in [2.45, 2.75) is 0 Å². The van der Waals surface area contributed by atoms with E-state index in [1.54, 1.807) is 0 Å². The second kappa shape index (κ2) is 15.2. The van der Waals surface area contributed by atoms with Crippen molar-refractivity contribution in [3.05, 3.63) is 243 Å². The molecule has 0 aliphatic rings. The van der Waals surface area contributed by atoms with Crippen LogP contribution in [0.1, 0.15) is 0 Å². The Morgan fingerprint density at radius 1 is 0.308 bits per heavy atom. The maximum absolute atomic E-state index is 2.42. The first-order valence-electron chi connectivity index (χ1n) is 22.2. The van der Waals surface area contributed by atoms with Gasteiger partial charge in [-0.2, -0.15) is 0 Å². The molecule has 2 aromatic heterocycles. The molecule has 0 saturated heterocycles. The van der Waals surface area contributed by atoms with Crippen molar-refractivity contribution < 1.29 is 0 Å². The Morgan fingerprint density at radius 3 is 1.63 bits per heavy atom. The van der Waals surface area contributed by atoms with Gasteiger partial charge in [-0.25, -0.2) is 0 Å². The Labute approximate surface area is 381 Å². The van der Waals surface area contributed by atoms with Gasteiger partial charge in [-0.1, -0.05) is 182 Å². The average molecular weight is 845 g/mol. The number of para-hydroxylation sites is 3. The fourth-order valence-corrected chi connectivity index (χ4v) is 11.4. The zero-order valence-corrected chi connectivity index (χ0v) is 36.2. The van der Waals surface area contributed by atoms with Crippen LogP contribution in [0.2, 0.25) is 0 Å². The average Bonchev–Trinajstić information content (AvgIpc) is 3.94. The molecule has 65 heavy (non-hydrogen) atoms. The number of aromatic nitrogens is 1. The quantitative estimate of drug-likeness (QED) is 0.155. The molecule has 0 fully saturated rings. The molecule has 0 amide bonds. The van der Waals surface area contributed by atoms with Crippen LogP contribution in [0, 0.1) is 0 Å². The summed E-state index contributed by atoms with van der Waals surface area (Å²) in [6, 6.07) is 88.9. The topological polar surface area (TPSA) is 8.17 Å². The van der Waals surface area contributed by atoms with Gasteiger partial charge in [0.05, 0.1) is 16.7 Å². The monoisotopic (exact) mass is 844 g/mol. The number of benzene rings is 11. The van der Waals surface area contributed by atoms with Gasteiger partial charge in [0.15, 0.2) is 0 Å². The number of fused-ring (bicyclic) bond motifs is 9. The molecule has 0 N–H and O–H groups in total. The van der Waals surface area contributed by atoms with Gasteiger partial charge in [0.1, 0.15) is 0 Å². The molecule has 13 aromatic rings. The zero-order chi connectivity index (χ0) is 42.8. The van der Waals surface area contributed by atoms with Gasteiger partial charge in [-0.05, 0) is 110 Å². The smallest absolute Gasteiger partial charge is 0.0541 e. The molecular formula is C62H40N2S. The van der Waals surface area contributed by atoms with Crippen molar-refractivity contribution in [2.24, 2.45) is 0 Å². The Kier molecular flexibility index (Phi) is 8.75. The fourth-order valence-electron chi connectivity index (χ4n) is 10.1. The number of anilines is 3. The molecular weight excluding hydrogens is 805 g/mol. The van der Waals surface area contributed by atoms with Crippen LogP contribution in [0.15, 0.2) is 243 Å². The van der Waals surface area contributed by atoms with Crippen LogP contribution < -0.4 is 4.90 Å². The molecule has 0 saturated carbocycles. The van der Waals surface area contributed by atoms with Crippen molar-refractivity contribution in [1.29, 1.82) is 0 Å². The molecule has 2 heterocycles. The third-order valence-electron chi connectivity index (χ3n) is 13.2. The molecule has 0 bridgehead atoms. The van der Waals surface area contributed by atoms with Crippen LogP contribution in [0.3, 0.4) is 0 Å². The van der Waals surface area contributed by atoms with E-state index in [4.69, 9.17) is 0 Å². The van der Waals surface area contributed by atoms with Gasteiger partial charge in [-0.15, -0.1) is 11.3 Å². The molecule has 11 aromatic carbocycles. The van der Waals surface area contributed by atoms with Gasteiger partial charge >= 0.3 is 0 Å². The maximum Gasteiger partial charge on any atom is 0.0541 e. The van der Waals surface area contributed by atoms with Crippen molar-refractivity contribution in [2.75, 3.05) is 4.90 Å². The molecule has 0 aliphatic carbocycles. The summed E-state index contributed by atoms with van der Waals surface area (Å²) in [4.78, 5) is 2.42. The second-order valence-corrected chi connectivity index (χ2v) is 17.9. The third kappa shape index (κ3) is 6.24. The lowest BCUT2D eigenvalue weighted by molar-refractivity contribution is 1.18. The second-order valence-electron chi connectivity index (χ2n) is 16.9. The summed E-state index contributed by atoms with van der Waals surface area (Å²) in [6.07, 6.45) is 0. The van der Waals surface area contributed by atoms with Crippen LogP contribution in [0.4, 0.5) is 17.1 Å². The number of nitrogens with zero attached hydrogens (tertiary/aromatic N) is 2. The van der Waals surface area contributed by atoms with Crippen LogP contribution in [-0.4, -0.2) is 4.57 Å². The standard InChI is InChI=1S/C62H40N2S/c1-2-15-45-39-47(28-27-41(45)13-1)51-18-5-8-24-58(51)63(49-36-31-44(32-37-49)53-22-12-23-56-57-38-33-43-14-3-4-19-52(43)62(57)65-61(53)56)48-34-29-42(30-35-48)46-16-11-17-50(40-46)64-59-25-9-6-20-54(59)55-21-7-10-26-60(55)64/h1-40H. The summed E-state index contributed by atoms with van der Waals surface area (Å²) < 4.78 is 5.06. The van der Waals surface area contributed by atoms with Crippen LogP contribution >= 0.6 is 11.3 Å². The molecule has 2 nitrogen and oxygen atoms in total. The van der Waals surface area contributed by atoms with E-state index in [-0.39, 0.29) is 0 Å². The lowest BCUT2D eigenvalue weighted by atomic mass is 9.98. The Morgan fingerprint density at radius 2 is 0.862 bits per heavy atom. The number of thiophene rings is 1. The lowest BCUT2D eigenvalue weighted by Crippen LogP contribution is -2.11. The van der Waals surface area contributed by atoms with Gasteiger partial charge < -0.3 is 9.47 Å². The zero-order valence-electron chi connectivity index (χ0n) is 35.4. The van der Waals surface area contributed by atoms with E-state index in [0.29, 0.717) is 0 Å². The normalized spacial score (nSPS) is 11.7.